The third kappa shape index (κ3) is 5.37. The molecule has 2 aromatic rings. The minimum atomic E-state index is -4.08. The molecule has 0 saturated heterocycles. The topological polar surface area (TPSA) is 84.9 Å². The molecule has 1 amide bonds. The van der Waals surface area contributed by atoms with E-state index in [1.54, 1.807) is 43.3 Å². The van der Waals surface area contributed by atoms with Crippen LogP contribution in [0.25, 0.3) is 0 Å². The van der Waals surface area contributed by atoms with Gasteiger partial charge in [-0.25, -0.2) is 8.42 Å². The average Bonchev–Trinajstić information content (AvgIpc) is 2.67. The number of ether oxygens (including phenoxy) is 2. The molecule has 0 fully saturated rings. The highest BCUT2D eigenvalue weighted by molar-refractivity contribution is 7.93. The molecule has 0 aliphatic rings. The lowest BCUT2D eigenvalue weighted by atomic mass is 10.2. The monoisotopic (exact) mass is 426 g/mol. The Kier molecular flexibility index (Phi) is 7.68. The number of carbonyl (C=O) groups excluding carboxylic acids is 1. The number of amides is 1. The molecule has 152 valence electrons. The number of benzene rings is 2. The van der Waals surface area contributed by atoms with Gasteiger partial charge in [-0.3, -0.25) is 9.10 Å². The van der Waals surface area contributed by atoms with Crippen molar-refractivity contribution in [2.24, 2.45) is 0 Å². The van der Waals surface area contributed by atoms with Gasteiger partial charge in [0.2, 0.25) is 5.91 Å². The number of anilines is 1. The number of hydrogen-bond acceptors (Lipinski definition) is 5. The molecule has 0 atom stereocenters. The zero-order valence-electron chi connectivity index (χ0n) is 15.9. The van der Waals surface area contributed by atoms with Crippen LogP contribution in [0, 0.1) is 6.92 Å². The summed E-state index contributed by atoms with van der Waals surface area (Å²) in [5, 5.41) is 3.09. The molecule has 28 heavy (non-hydrogen) atoms. The highest BCUT2D eigenvalue weighted by Gasteiger charge is 2.30. The summed E-state index contributed by atoms with van der Waals surface area (Å²) in [6.07, 6.45) is 0. The van der Waals surface area contributed by atoms with E-state index in [0.717, 1.165) is 9.87 Å². The van der Waals surface area contributed by atoms with Crippen LogP contribution in [0.3, 0.4) is 0 Å². The van der Waals surface area contributed by atoms with Crippen molar-refractivity contribution in [3.8, 4) is 5.75 Å². The lowest BCUT2D eigenvalue weighted by molar-refractivity contribution is -0.119. The molecule has 2 aromatic carbocycles. The van der Waals surface area contributed by atoms with Gasteiger partial charge in [-0.15, -0.1) is 0 Å². The van der Waals surface area contributed by atoms with Crippen molar-refractivity contribution in [2.45, 2.75) is 11.8 Å². The molecule has 7 nitrogen and oxygen atoms in total. The fourth-order valence-corrected chi connectivity index (χ4v) is 4.30. The second-order valence-corrected chi connectivity index (χ2v) is 8.25. The zero-order chi connectivity index (χ0) is 20.7. The number of nitrogens with one attached hydrogen (secondary N) is 1. The van der Waals surface area contributed by atoms with Gasteiger partial charge in [0.25, 0.3) is 10.0 Å². The number of carbonyl (C=O) groups is 1. The maximum absolute atomic E-state index is 13.4. The average molecular weight is 427 g/mol. The summed E-state index contributed by atoms with van der Waals surface area (Å²) in [6.45, 7) is 1.98. The van der Waals surface area contributed by atoms with Gasteiger partial charge < -0.3 is 14.8 Å². The summed E-state index contributed by atoms with van der Waals surface area (Å²) in [4.78, 5) is 12.3. The van der Waals surface area contributed by atoms with Crippen LogP contribution in [-0.2, 0) is 19.6 Å². The quantitative estimate of drug-likeness (QED) is 0.623. The molecular weight excluding hydrogens is 404 g/mol. The minimum Gasteiger partial charge on any atom is -0.495 e. The number of hydrogen-bond donors (Lipinski definition) is 1. The molecule has 9 heteroatoms. The molecule has 0 heterocycles. The number of methoxy groups -OCH3 is 2. The smallest absolute Gasteiger partial charge is 0.268 e. The molecule has 2 rings (SSSR count). The van der Waals surface area contributed by atoms with Crippen LogP contribution in [0.15, 0.2) is 47.4 Å². The van der Waals surface area contributed by atoms with E-state index >= 15 is 0 Å². The lowest BCUT2D eigenvalue weighted by Crippen LogP contribution is -2.41. The highest BCUT2D eigenvalue weighted by Crippen LogP contribution is 2.31. The van der Waals surface area contributed by atoms with Gasteiger partial charge in [0.15, 0.2) is 0 Å². The predicted octanol–water partition coefficient (Wildman–Crippen LogP) is 2.61. The Morgan fingerprint density at radius 2 is 1.82 bits per heavy atom. The van der Waals surface area contributed by atoms with Crippen LogP contribution in [0.4, 0.5) is 5.69 Å². The molecule has 1 N–H and O–H groups in total. The highest BCUT2D eigenvalue weighted by atomic mass is 35.5. The largest absolute Gasteiger partial charge is 0.495 e. The number of nitrogens with zero attached hydrogens (tertiary/aromatic N) is 1. The van der Waals surface area contributed by atoms with Crippen LogP contribution < -0.4 is 14.4 Å². The van der Waals surface area contributed by atoms with Crippen molar-refractivity contribution in [1.82, 2.24) is 5.32 Å². The maximum Gasteiger partial charge on any atom is 0.268 e. The molecular formula is C19H23ClN2O5S. The van der Waals surface area contributed by atoms with Gasteiger partial charge in [-0.2, -0.15) is 0 Å². The van der Waals surface area contributed by atoms with Crippen molar-refractivity contribution < 1.29 is 22.7 Å². The Balaban J connectivity index is 2.46. The molecule has 0 spiro atoms. The van der Waals surface area contributed by atoms with E-state index in [0.29, 0.717) is 17.3 Å². The second-order valence-electron chi connectivity index (χ2n) is 5.99. The molecule has 0 aliphatic heterocycles. The molecule has 0 saturated carbocycles. The molecule has 0 bridgehead atoms. The normalized spacial score (nSPS) is 11.1. The van der Waals surface area contributed by atoms with Crippen molar-refractivity contribution in [3.63, 3.8) is 0 Å². The number of halogens is 1. The van der Waals surface area contributed by atoms with Gasteiger partial charge in [0, 0.05) is 18.7 Å². The van der Waals surface area contributed by atoms with E-state index in [1.807, 2.05) is 0 Å². The van der Waals surface area contributed by atoms with Crippen molar-refractivity contribution in [2.75, 3.05) is 38.2 Å². The van der Waals surface area contributed by atoms with Crippen LogP contribution in [-0.4, -0.2) is 48.2 Å². The molecule has 0 aliphatic carbocycles. The van der Waals surface area contributed by atoms with Crippen molar-refractivity contribution in [1.29, 1.82) is 0 Å². The van der Waals surface area contributed by atoms with E-state index in [4.69, 9.17) is 21.1 Å². The number of aryl methyl sites for hydroxylation is 1. The first-order valence-electron chi connectivity index (χ1n) is 8.48. The van der Waals surface area contributed by atoms with Gasteiger partial charge in [-0.05, 0) is 48.9 Å². The minimum absolute atomic E-state index is 0.0189. The fraction of sp³-hybridized carbons (Fsp3) is 0.316. The lowest BCUT2D eigenvalue weighted by Gasteiger charge is -2.25. The first-order chi connectivity index (χ1) is 13.3. The SMILES string of the molecule is COCCNC(=O)CN(c1ccc(Cl)cc1)S(=O)(=O)c1cc(C)ccc1OC. The Bertz CT molecular complexity index is 916. The van der Waals surface area contributed by atoms with E-state index in [9.17, 15) is 13.2 Å². The molecule has 0 radical (unpaired) electrons. The van der Waals surface area contributed by atoms with Gasteiger partial charge in [0.1, 0.15) is 17.2 Å². The maximum atomic E-state index is 13.4. The standard InChI is InChI=1S/C19H23ClN2O5S/c1-14-4-9-17(27-3)18(12-14)28(24,25)22(13-19(23)21-10-11-26-2)16-7-5-15(20)6-8-16/h4-9,12H,10-11,13H2,1-3H3,(H,21,23). The van der Waals surface area contributed by atoms with Gasteiger partial charge in [-0.1, -0.05) is 17.7 Å². The summed E-state index contributed by atoms with van der Waals surface area (Å²) < 4.78 is 38.0. The number of rotatable bonds is 9. The van der Waals surface area contributed by atoms with Crippen LogP contribution in [0.2, 0.25) is 5.02 Å². The summed E-state index contributed by atoms with van der Waals surface area (Å²) in [6, 6.07) is 11.1. The summed E-state index contributed by atoms with van der Waals surface area (Å²) in [5.41, 5.74) is 1.06. The Morgan fingerprint density at radius 1 is 1.14 bits per heavy atom. The Hall–Kier alpha value is -2.29. The van der Waals surface area contributed by atoms with Gasteiger partial charge >= 0.3 is 0 Å². The first kappa shape index (κ1) is 22.0. The Labute approximate surface area is 170 Å². The van der Waals surface area contributed by atoms with E-state index in [1.165, 1.54) is 20.3 Å². The summed E-state index contributed by atoms with van der Waals surface area (Å²) >= 11 is 5.93. The van der Waals surface area contributed by atoms with E-state index < -0.39 is 22.5 Å². The predicted molar refractivity (Wildman–Crippen MR) is 109 cm³/mol. The van der Waals surface area contributed by atoms with Gasteiger partial charge in [0.05, 0.1) is 19.4 Å². The third-order valence-electron chi connectivity index (χ3n) is 3.92. The molecule has 0 unspecified atom stereocenters. The zero-order valence-corrected chi connectivity index (χ0v) is 17.5. The van der Waals surface area contributed by atoms with Crippen LogP contribution in [0.1, 0.15) is 5.56 Å². The second kappa shape index (κ2) is 9.77. The number of sulfonamides is 1. The molecule has 0 aromatic heterocycles. The third-order valence-corrected chi connectivity index (χ3v) is 5.96. The first-order valence-corrected chi connectivity index (χ1v) is 10.3. The van der Waals surface area contributed by atoms with E-state index in [-0.39, 0.29) is 17.2 Å². The van der Waals surface area contributed by atoms with Crippen LogP contribution >= 0.6 is 11.6 Å². The summed E-state index contributed by atoms with van der Waals surface area (Å²) in [7, 11) is -1.17. The van der Waals surface area contributed by atoms with Crippen molar-refractivity contribution >= 4 is 33.2 Å². The Morgan fingerprint density at radius 3 is 2.43 bits per heavy atom. The fourth-order valence-electron chi connectivity index (χ4n) is 2.51. The van der Waals surface area contributed by atoms with Crippen LogP contribution in [0.5, 0.6) is 5.75 Å². The summed E-state index contributed by atoms with van der Waals surface area (Å²) in [5.74, 6) is -0.258. The van der Waals surface area contributed by atoms with E-state index in [2.05, 4.69) is 5.32 Å². The van der Waals surface area contributed by atoms with Crippen molar-refractivity contribution in [3.05, 3.63) is 53.1 Å².